The molecule has 0 radical (unpaired) electrons. The first-order valence-electron chi connectivity index (χ1n) is 12.5. The van der Waals surface area contributed by atoms with Crippen molar-refractivity contribution < 1.29 is 21.6 Å². The SMILES string of the molecule is C[C@@H]1CC[C@@]2(C)[C@H](CCCC2(C)C)[C@@]1(C)CCC(CCCc1ccoc1)COS(=O)(=O)O. The second-order valence-electron chi connectivity index (χ2n) is 11.8. The van der Waals surface area contributed by atoms with Gasteiger partial charge in [-0.3, -0.25) is 4.55 Å². The summed E-state index contributed by atoms with van der Waals surface area (Å²) < 4.78 is 41.6. The molecule has 0 amide bonds. The highest BCUT2D eigenvalue weighted by Gasteiger charge is 2.58. The first-order chi connectivity index (χ1) is 14.9. The van der Waals surface area contributed by atoms with Crippen LogP contribution < -0.4 is 0 Å². The maximum atomic E-state index is 11.2. The Morgan fingerprint density at radius 3 is 2.59 bits per heavy atom. The van der Waals surface area contributed by atoms with E-state index in [1.807, 2.05) is 6.07 Å². The summed E-state index contributed by atoms with van der Waals surface area (Å²) in [6.07, 6.45) is 14.7. The van der Waals surface area contributed by atoms with Gasteiger partial charge in [0.05, 0.1) is 19.1 Å². The number of fused-ring (bicyclic) bond motifs is 1. The normalized spacial score (nSPS) is 33.6. The maximum Gasteiger partial charge on any atom is 0.397 e. The lowest BCUT2D eigenvalue weighted by molar-refractivity contribution is -0.146. The molecule has 1 aromatic heterocycles. The molecular formula is C26H44O5S. The Hall–Kier alpha value is -0.850. The predicted octanol–water partition coefficient (Wildman–Crippen LogP) is 7.09. The molecule has 5 atom stereocenters. The molecule has 3 rings (SSSR count). The van der Waals surface area contributed by atoms with Crippen molar-refractivity contribution in [1.82, 2.24) is 0 Å². The molecule has 1 N–H and O–H groups in total. The summed E-state index contributed by atoms with van der Waals surface area (Å²) in [7, 11) is -4.42. The molecule has 2 aliphatic rings. The Morgan fingerprint density at radius 1 is 1.19 bits per heavy atom. The van der Waals surface area contributed by atoms with Gasteiger partial charge in [0.1, 0.15) is 0 Å². The zero-order valence-corrected chi connectivity index (χ0v) is 21.5. The van der Waals surface area contributed by atoms with Gasteiger partial charge in [-0.05, 0) is 103 Å². The van der Waals surface area contributed by atoms with Gasteiger partial charge < -0.3 is 4.42 Å². The Labute approximate surface area is 195 Å². The van der Waals surface area contributed by atoms with Crippen molar-refractivity contribution in [3.8, 4) is 0 Å². The average molecular weight is 469 g/mol. The number of hydrogen-bond donors (Lipinski definition) is 1. The van der Waals surface area contributed by atoms with Gasteiger partial charge in [-0.25, -0.2) is 4.18 Å². The molecule has 2 saturated carbocycles. The van der Waals surface area contributed by atoms with E-state index >= 15 is 0 Å². The Balaban J connectivity index is 1.70. The molecule has 0 aliphatic heterocycles. The zero-order valence-electron chi connectivity index (χ0n) is 20.7. The minimum Gasteiger partial charge on any atom is -0.472 e. The third-order valence-corrected chi connectivity index (χ3v) is 10.3. The van der Waals surface area contributed by atoms with Crippen LogP contribution in [0.2, 0.25) is 0 Å². The standard InChI is InChI=1S/C26H44O5S/c1-20-11-16-26(5)23(10-7-14-24(26,2)3)25(20,4)15-12-21(19-31-32(27,28)29)8-6-9-22-13-17-30-18-22/h13,17-18,20-21,23H,6-12,14-16,19H2,1-5H3,(H,27,28,29)/t20-,21?,23-,25+,26+/m1/s1. The van der Waals surface area contributed by atoms with E-state index in [4.69, 9.17) is 13.2 Å². The molecule has 6 heteroatoms. The van der Waals surface area contributed by atoms with E-state index in [-0.39, 0.29) is 17.9 Å². The molecule has 2 fully saturated rings. The summed E-state index contributed by atoms with van der Waals surface area (Å²) in [5, 5.41) is 0. The summed E-state index contributed by atoms with van der Waals surface area (Å²) in [6, 6.07) is 1.97. The van der Waals surface area contributed by atoms with E-state index in [1.165, 1.54) is 32.1 Å². The highest BCUT2D eigenvalue weighted by atomic mass is 32.3. The summed E-state index contributed by atoms with van der Waals surface area (Å²) in [5.41, 5.74) is 2.11. The summed E-state index contributed by atoms with van der Waals surface area (Å²) in [4.78, 5) is 0. The van der Waals surface area contributed by atoms with Crippen molar-refractivity contribution in [3.05, 3.63) is 24.2 Å². The van der Waals surface area contributed by atoms with Crippen molar-refractivity contribution >= 4 is 10.4 Å². The molecule has 0 bridgehead atoms. The van der Waals surface area contributed by atoms with Crippen LogP contribution in [-0.4, -0.2) is 19.6 Å². The minimum atomic E-state index is -4.42. The summed E-state index contributed by atoms with van der Waals surface area (Å²) in [5.74, 6) is 1.46. The van der Waals surface area contributed by atoms with E-state index in [9.17, 15) is 8.42 Å². The van der Waals surface area contributed by atoms with Crippen molar-refractivity contribution in [2.75, 3.05) is 6.61 Å². The van der Waals surface area contributed by atoms with Crippen molar-refractivity contribution in [1.29, 1.82) is 0 Å². The van der Waals surface area contributed by atoms with Gasteiger partial charge in [-0.2, -0.15) is 8.42 Å². The topological polar surface area (TPSA) is 76.7 Å². The maximum absolute atomic E-state index is 11.2. The molecule has 1 unspecified atom stereocenters. The van der Waals surface area contributed by atoms with Gasteiger partial charge in [0.15, 0.2) is 0 Å². The predicted molar refractivity (Wildman–Crippen MR) is 128 cm³/mol. The van der Waals surface area contributed by atoms with E-state index in [1.54, 1.807) is 12.5 Å². The molecule has 2 aliphatic carbocycles. The van der Waals surface area contributed by atoms with Crippen molar-refractivity contribution in [2.45, 2.75) is 98.8 Å². The van der Waals surface area contributed by atoms with Crippen LogP contribution in [0.4, 0.5) is 0 Å². The molecule has 0 saturated heterocycles. The highest BCUT2D eigenvalue weighted by Crippen LogP contribution is 2.66. The number of aryl methyl sites for hydroxylation is 1. The summed E-state index contributed by atoms with van der Waals surface area (Å²) in [6.45, 7) is 12.4. The van der Waals surface area contributed by atoms with E-state index < -0.39 is 10.4 Å². The van der Waals surface area contributed by atoms with Gasteiger partial charge in [0.25, 0.3) is 0 Å². The van der Waals surface area contributed by atoms with E-state index in [0.29, 0.717) is 22.7 Å². The lowest BCUT2D eigenvalue weighted by Crippen LogP contribution is -2.56. The largest absolute Gasteiger partial charge is 0.472 e. The van der Waals surface area contributed by atoms with Crippen LogP contribution in [0.15, 0.2) is 23.0 Å². The quantitative estimate of drug-likeness (QED) is 0.371. The lowest BCUT2D eigenvalue weighted by Gasteiger charge is -2.64. The van der Waals surface area contributed by atoms with Crippen LogP contribution in [0.1, 0.15) is 98.0 Å². The van der Waals surface area contributed by atoms with Crippen molar-refractivity contribution in [2.24, 2.45) is 34.0 Å². The fourth-order valence-corrected chi connectivity index (χ4v) is 7.41. The van der Waals surface area contributed by atoms with Crippen LogP contribution in [0.3, 0.4) is 0 Å². The minimum absolute atomic E-state index is 0.0576. The van der Waals surface area contributed by atoms with Gasteiger partial charge >= 0.3 is 10.4 Å². The van der Waals surface area contributed by atoms with Crippen molar-refractivity contribution in [3.63, 3.8) is 0 Å². The highest BCUT2D eigenvalue weighted by molar-refractivity contribution is 7.80. The lowest BCUT2D eigenvalue weighted by atomic mass is 9.41. The van der Waals surface area contributed by atoms with Crippen LogP contribution in [0.25, 0.3) is 0 Å². The number of furan rings is 1. The first-order valence-corrected chi connectivity index (χ1v) is 13.9. The van der Waals surface area contributed by atoms with Gasteiger partial charge in [0.2, 0.25) is 0 Å². The zero-order chi connectivity index (χ0) is 23.6. The van der Waals surface area contributed by atoms with E-state index in [0.717, 1.165) is 37.7 Å². The van der Waals surface area contributed by atoms with Crippen LogP contribution in [-0.2, 0) is 21.0 Å². The van der Waals surface area contributed by atoms with Crippen LogP contribution >= 0.6 is 0 Å². The third-order valence-electron chi connectivity index (χ3n) is 9.83. The Bertz CT molecular complexity index is 830. The second-order valence-corrected chi connectivity index (χ2v) is 12.9. The Morgan fingerprint density at radius 2 is 1.94 bits per heavy atom. The molecule has 32 heavy (non-hydrogen) atoms. The first kappa shape index (κ1) is 25.8. The second kappa shape index (κ2) is 9.79. The smallest absolute Gasteiger partial charge is 0.397 e. The molecule has 1 aromatic rings. The molecule has 184 valence electrons. The molecule has 1 heterocycles. The number of hydrogen-bond acceptors (Lipinski definition) is 4. The van der Waals surface area contributed by atoms with Gasteiger partial charge in [-0.15, -0.1) is 0 Å². The fourth-order valence-electron chi connectivity index (χ4n) is 7.04. The molecule has 0 spiro atoms. The van der Waals surface area contributed by atoms with Crippen LogP contribution in [0, 0.1) is 34.0 Å². The molecule has 0 aromatic carbocycles. The number of rotatable bonds is 10. The van der Waals surface area contributed by atoms with Gasteiger partial charge in [-0.1, -0.05) is 41.0 Å². The average Bonchev–Trinajstić information content (AvgIpc) is 3.21. The molecular weight excluding hydrogens is 424 g/mol. The Kier molecular flexibility index (Phi) is 7.88. The molecule has 5 nitrogen and oxygen atoms in total. The van der Waals surface area contributed by atoms with E-state index in [2.05, 4.69) is 34.6 Å². The third kappa shape index (κ3) is 5.61. The monoisotopic (exact) mass is 468 g/mol. The van der Waals surface area contributed by atoms with Crippen LogP contribution in [0.5, 0.6) is 0 Å². The summed E-state index contributed by atoms with van der Waals surface area (Å²) >= 11 is 0. The van der Waals surface area contributed by atoms with Gasteiger partial charge in [0, 0.05) is 0 Å². The fraction of sp³-hybridized carbons (Fsp3) is 0.846.